The van der Waals surface area contributed by atoms with Gasteiger partial charge in [0.15, 0.2) is 11.5 Å². The first-order valence-electron chi connectivity index (χ1n) is 9.37. The number of likely N-dealkylation sites (tertiary alicyclic amines) is 1. The number of fused-ring (bicyclic) bond motifs is 1. The molecule has 26 heavy (non-hydrogen) atoms. The van der Waals surface area contributed by atoms with E-state index in [2.05, 4.69) is 10.2 Å². The number of hydrogen-bond acceptors (Lipinski definition) is 5. The second-order valence-corrected chi connectivity index (χ2v) is 8.74. The lowest BCUT2D eigenvalue weighted by Gasteiger charge is -2.31. The van der Waals surface area contributed by atoms with E-state index in [1.807, 2.05) is 18.2 Å². The average molecular weight is 393 g/mol. The van der Waals surface area contributed by atoms with Gasteiger partial charge in [-0.05, 0) is 37.8 Å². The van der Waals surface area contributed by atoms with Crippen LogP contribution in [0.15, 0.2) is 18.2 Å². The number of benzene rings is 1. The number of carbonyl (C=O) groups is 1. The summed E-state index contributed by atoms with van der Waals surface area (Å²) in [6, 6.07) is 5.61. The van der Waals surface area contributed by atoms with Gasteiger partial charge in [-0.2, -0.15) is 0 Å². The predicted octanol–water partition coefficient (Wildman–Crippen LogP) is 4.17. The Morgan fingerprint density at radius 3 is 2.62 bits per heavy atom. The summed E-state index contributed by atoms with van der Waals surface area (Å²) in [5.41, 5.74) is 0.734. The van der Waals surface area contributed by atoms with E-state index < -0.39 is 5.79 Å². The highest BCUT2D eigenvalue weighted by Gasteiger charge is 2.42. The van der Waals surface area contributed by atoms with E-state index in [1.54, 1.807) is 0 Å². The number of hydrogen-bond donors (Lipinski definition) is 1. The van der Waals surface area contributed by atoms with Crippen LogP contribution in [-0.4, -0.2) is 39.8 Å². The third-order valence-electron chi connectivity index (χ3n) is 5.13. The first-order valence-corrected chi connectivity index (χ1v) is 10.8. The van der Waals surface area contributed by atoms with E-state index in [4.69, 9.17) is 21.7 Å². The van der Waals surface area contributed by atoms with Crippen LogP contribution in [-0.2, 0) is 4.79 Å². The quantitative estimate of drug-likeness (QED) is 0.779. The minimum Gasteiger partial charge on any atom is -0.448 e. The van der Waals surface area contributed by atoms with Crippen molar-refractivity contribution in [3.63, 3.8) is 0 Å². The summed E-state index contributed by atoms with van der Waals surface area (Å²) in [4.78, 5) is 14.4. The first-order chi connectivity index (χ1) is 12.6. The van der Waals surface area contributed by atoms with E-state index >= 15 is 0 Å². The zero-order valence-corrected chi connectivity index (χ0v) is 16.4. The van der Waals surface area contributed by atoms with Crippen LogP contribution < -0.4 is 14.8 Å². The molecule has 0 unspecified atom stereocenters. The van der Waals surface area contributed by atoms with Gasteiger partial charge in [-0.15, -0.1) is 0 Å². The standard InChI is InChI=1S/C19H24N2O3S2/c22-17(13-26-18(25)21-10-4-5-11-21)20-14-6-7-15-16(12-14)24-19(23-15)8-2-1-3-9-19/h6-7,12H,1-5,8-11,13H2,(H,20,22). The Kier molecular flexibility index (Phi) is 5.27. The van der Waals surface area contributed by atoms with Crippen molar-refractivity contribution in [2.24, 2.45) is 0 Å². The van der Waals surface area contributed by atoms with Crippen molar-refractivity contribution in [2.45, 2.75) is 50.7 Å². The van der Waals surface area contributed by atoms with E-state index in [9.17, 15) is 4.79 Å². The summed E-state index contributed by atoms with van der Waals surface area (Å²) in [7, 11) is 0. The largest absolute Gasteiger partial charge is 0.448 e. The van der Waals surface area contributed by atoms with Crippen molar-refractivity contribution in [1.82, 2.24) is 4.90 Å². The summed E-state index contributed by atoms with van der Waals surface area (Å²) in [6.45, 7) is 2.02. The number of nitrogens with one attached hydrogen (secondary N) is 1. The fourth-order valence-electron chi connectivity index (χ4n) is 3.78. The Bertz CT molecular complexity index is 698. The van der Waals surface area contributed by atoms with Gasteiger partial charge in [0.1, 0.15) is 4.32 Å². The summed E-state index contributed by atoms with van der Waals surface area (Å²) in [5, 5.41) is 2.94. The van der Waals surface area contributed by atoms with Crippen LogP contribution in [0.2, 0.25) is 0 Å². The minimum absolute atomic E-state index is 0.0530. The van der Waals surface area contributed by atoms with Crippen LogP contribution in [0.5, 0.6) is 11.5 Å². The number of ether oxygens (including phenoxy) is 2. The number of anilines is 1. The molecule has 0 radical (unpaired) electrons. The Balaban J connectivity index is 1.31. The van der Waals surface area contributed by atoms with Gasteiger partial charge in [-0.1, -0.05) is 30.4 Å². The molecule has 0 atom stereocenters. The first kappa shape index (κ1) is 17.9. The van der Waals surface area contributed by atoms with E-state index in [0.717, 1.165) is 60.3 Å². The lowest BCUT2D eigenvalue weighted by molar-refractivity contribution is -0.113. The molecule has 2 heterocycles. The summed E-state index contributed by atoms with van der Waals surface area (Å²) >= 11 is 6.84. The topological polar surface area (TPSA) is 50.8 Å². The van der Waals surface area contributed by atoms with Crippen molar-refractivity contribution in [2.75, 3.05) is 24.2 Å². The number of amides is 1. The summed E-state index contributed by atoms with van der Waals surface area (Å²) in [6.07, 6.45) is 7.72. The maximum atomic E-state index is 12.2. The van der Waals surface area contributed by atoms with Gasteiger partial charge in [0.05, 0.1) is 5.75 Å². The van der Waals surface area contributed by atoms with Crippen molar-refractivity contribution in [1.29, 1.82) is 0 Å². The number of rotatable bonds is 3. The molecule has 1 aliphatic carbocycles. The third-order valence-corrected chi connectivity index (χ3v) is 6.65. The third kappa shape index (κ3) is 3.93. The van der Waals surface area contributed by atoms with E-state index in [-0.39, 0.29) is 5.91 Å². The molecule has 2 fully saturated rings. The molecule has 0 aromatic heterocycles. The van der Waals surface area contributed by atoms with Crippen molar-refractivity contribution >= 4 is 39.9 Å². The lowest BCUT2D eigenvalue weighted by atomic mass is 9.94. The molecule has 1 amide bonds. The second kappa shape index (κ2) is 7.64. The number of carbonyl (C=O) groups excluding carboxylic acids is 1. The van der Waals surface area contributed by atoms with Gasteiger partial charge in [0.2, 0.25) is 5.91 Å². The second-order valence-electron chi connectivity index (χ2n) is 7.13. The molecule has 1 spiro atoms. The molecule has 1 saturated carbocycles. The molecule has 5 nitrogen and oxygen atoms in total. The van der Waals surface area contributed by atoms with Crippen LogP contribution in [0.1, 0.15) is 44.9 Å². The van der Waals surface area contributed by atoms with Gasteiger partial charge in [0.25, 0.3) is 5.79 Å². The van der Waals surface area contributed by atoms with Gasteiger partial charge in [-0.3, -0.25) is 4.79 Å². The van der Waals surface area contributed by atoms with Gasteiger partial charge in [-0.25, -0.2) is 0 Å². The van der Waals surface area contributed by atoms with E-state index in [0.29, 0.717) is 5.75 Å². The Morgan fingerprint density at radius 1 is 1.12 bits per heavy atom. The molecule has 1 N–H and O–H groups in total. The van der Waals surface area contributed by atoms with Crippen molar-refractivity contribution in [3.8, 4) is 11.5 Å². The molecule has 7 heteroatoms. The highest BCUT2D eigenvalue weighted by Crippen LogP contribution is 2.46. The van der Waals surface area contributed by atoms with Gasteiger partial charge < -0.3 is 19.7 Å². The zero-order valence-electron chi connectivity index (χ0n) is 14.8. The smallest absolute Gasteiger partial charge is 0.251 e. The minimum atomic E-state index is -0.485. The highest BCUT2D eigenvalue weighted by atomic mass is 32.2. The normalized spacial score (nSPS) is 20.4. The fourth-order valence-corrected chi connectivity index (χ4v) is 4.83. The van der Waals surface area contributed by atoms with Crippen LogP contribution in [0.25, 0.3) is 0 Å². The highest BCUT2D eigenvalue weighted by molar-refractivity contribution is 8.23. The number of thiocarbonyl (C=S) groups is 1. The van der Waals surface area contributed by atoms with Crippen LogP contribution >= 0.6 is 24.0 Å². The molecule has 1 aromatic rings. The molecule has 2 aliphatic heterocycles. The van der Waals surface area contributed by atoms with Gasteiger partial charge >= 0.3 is 0 Å². The summed E-state index contributed by atoms with van der Waals surface area (Å²) in [5.74, 6) is 1.29. The van der Waals surface area contributed by atoms with E-state index in [1.165, 1.54) is 31.0 Å². The SMILES string of the molecule is O=C(CSC(=S)N1CCCC1)Nc1ccc2c(c1)OC1(CCCCC1)O2. The Morgan fingerprint density at radius 2 is 1.85 bits per heavy atom. The van der Waals surface area contributed by atoms with Crippen molar-refractivity contribution < 1.29 is 14.3 Å². The maximum Gasteiger partial charge on any atom is 0.251 e. The molecular weight excluding hydrogens is 368 g/mol. The molecule has 1 aromatic carbocycles. The predicted molar refractivity (Wildman–Crippen MR) is 108 cm³/mol. The molecule has 1 saturated heterocycles. The molecule has 140 valence electrons. The van der Waals surface area contributed by atoms with Crippen LogP contribution in [0, 0.1) is 0 Å². The van der Waals surface area contributed by atoms with Crippen LogP contribution in [0.4, 0.5) is 5.69 Å². The monoisotopic (exact) mass is 392 g/mol. The molecule has 3 aliphatic rings. The Labute approximate surface area is 163 Å². The Hall–Kier alpha value is -1.47. The zero-order chi connectivity index (χ0) is 18.0. The molecule has 0 bridgehead atoms. The fraction of sp³-hybridized carbons (Fsp3) is 0.579. The molecular formula is C19H24N2O3S2. The average Bonchev–Trinajstić information content (AvgIpc) is 3.28. The molecule has 4 rings (SSSR count). The number of nitrogens with zero attached hydrogens (tertiary/aromatic N) is 1. The van der Waals surface area contributed by atoms with Crippen LogP contribution in [0.3, 0.4) is 0 Å². The van der Waals surface area contributed by atoms with Gasteiger partial charge in [0, 0.05) is 37.7 Å². The lowest BCUT2D eigenvalue weighted by Crippen LogP contribution is -2.40. The summed E-state index contributed by atoms with van der Waals surface area (Å²) < 4.78 is 13.0. The number of thioether (sulfide) groups is 1. The van der Waals surface area contributed by atoms with Crippen molar-refractivity contribution in [3.05, 3.63) is 18.2 Å². The maximum absolute atomic E-state index is 12.2.